The standard InChI is InChI=1S/C19H29N3O2/c20-18(17-4-2-1-3-5-17)14-19(23)22-10-8-21(9-11-22)15-16-6-12-24-13-7-16/h1-5,16,18H,6-15,20H2. The van der Waals surface area contributed by atoms with Gasteiger partial charge in [0, 0.05) is 58.4 Å². The number of carbonyl (C=O) groups excluding carboxylic acids is 1. The molecule has 2 N–H and O–H groups in total. The Morgan fingerprint density at radius 2 is 1.79 bits per heavy atom. The first-order valence-electron chi connectivity index (χ1n) is 9.11. The normalized spacial score (nSPS) is 21.6. The zero-order chi connectivity index (χ0) is 16.8. The van der Waals surface area contributed by atoms with E-state index in [1.54, 1.807) is 0 Å². The molecule has 2 heterocycles. The van der Waals surface area contributed by atoms with E-state index in [0.29, 0.717) is 6.42 Å². The van der Waals surface area contributed by atoms with Crippen LogP contribution in [0.2, 0.25) is 0 Å². The summed E-state index contributed by atoms with van der Waals surface area (Å²) in [6, 6.07) is 9.67. The highest BCUT2D eigenvalue weighted by molar-refractivity contribution is 5.77. The number of piperazine rings is 1. The van der Waals surface area contributed by atoms with Gasteiger partial charge in [0.05, 0.1) is 0 Å². The van der Waals surface area contributed by atoms with Gasteiger partial charge >= 0.3 is 0 Å². The van der Waals surface area contributed by atoms with Crippen LogP contribution in [0.25, 0.3) is 0 Å². The molecule has 2 fully saturated rings. The first kappa shape index (κ1) is 17.4. The molecule has 0 saturated carbocycles. The van der Waals surface area contributed by atoms with Gasteiger partial charge in [-0.05, 0) is 24.3 Å². The fourth-order valence-electron chi connectivity index (χ4n) is 3.61. The third-order valence-corrected chi connectivity index (χ3v) is 5.20. The SMILES string of the molecule is NC(CC(=O)N1CCN(CC2CCOCC2)CC1)c1ccccc1. The molecular weight excluding hydrogens is 302 g/mol. The summed E-state index contributed by atoms with van der Waals surface area (Å²) in [6.45, 7) is 6.55. The van der Waals surface area contributed by atoms with Crippen molar-refractivity contribution in [3.8, 4) is 0 Å². The van der Waals surface area contributed by atoms with Gasteiger partial charge in [-0.25, -0.2) is 0 Å². The van der Waals surface area contributed by atoms with E-state index in [2.05, 4.69) is 4.90 Å². The van der Waals surface area contributed by atoms with Gasteiger partial charge in [0.1, 0.15) is 0 Å². The predicted molar refractivity (Wildman–Crippen MR) is 94.6 cm³/mol. The smallest absolute Gasteiger partial charge is 0.224 e. The Hall–Kier alpha value is -1.43. The second-order valence-corrected chi connectivity index (χ2v) is 6.96. The monoisotopic (exact) mass is 331 g/mol. The number of hydrogen-bond donors (Lipinski definition) is 1. The molecule has 2 aliphatic heterocycles. The lowest BCUT2D eigenvalue weighted by molar-refractivity contribution is -0.133. The second kappa shape index (κ2) is 8.60. The van der Waals surface area contributed by atoms with Crippen LogP contribution in [0.1, 0.15) is 30.9 Å². The topological polar surface area (TPSA) is 58.8 Å². The van der Waals surface area contributed by atoms with Gasteiger partial charge in [-0.1, -0.05) is 30.3 Å². The minimum atomic E-state index is -0.209. The van der Waals surface area contributed by atoms with Gasteiger partial charge in [-0.15, -0.1) is 0 Å². The number of benzene rings is 1. The van der Waals surface area contributed by atoms with Crippen LogP contribution < -0.4 is 5.73 Å². The van der Waals surface area contributed by atoms with Crippen LogP contribution in [-0.2, 0) is 9.53 Å². The molecule has 1 aromatic carbocycles. The highest BCUT2D eigenvalue weighted by atomic mass is 16.5. The third kappa shape index (κ3) is 4.79. The van der Waals surface area contributed by atoms with E-state index in [0.717, 1.165) is 57.4 Å². The first-order valence-corrected chi connectivity index (χ1v) is 9.11. The van der Waals surface area contributed by atoms with Gasteiger partial charge in [-0.3, -0.25) is 9.69 Å². The van der Waals surface area contributed by atoms with Crippen molar-refractivity contribution in [1.29, 1.82) is 0 Å². The summed E-state index contributed by atoms with van der Waals surface area (Å²) in [5.41, 5.74) is 7.22. The Morgan fingerprint density at radius 3 is 2.46 bits per heavy atom. The van der Waals surface area contributed by atoms with E-state index in [-0.39, 0.29) is 11.9 Å². The summed E-state index contributed by atoms with van der Waals surface area (Å²) in [7, 11) is 0. The van der Waals surface area contributed by atoms with Crippen molar-refractivity contribution in [3.63, 3.8) is 0 Å². The molecule has 0 aliphatic carbocycles. The zero-order valence-corrected chi connectivity index (χ0v) is 14.4. The number of nitrogens with two attached hydrogens (primary N) is 1. The molecule has 0 spiro atoms. The fraction of sp³-hybridized carbons (Fsp3) is 0.632. The van der Waals surface area contributed by atoms with Gasteiger partial charge in [0.25, 0.3) is 0 Å². The van der Waals surface area contributed by atoms with Gasteiger partial charge in [0.2, 0.25) is 5.91 Å². The van der Waals surface area contributed by atoms with Crippen molar-refractivity contribution in [1.82, 2.24) is 9.80 Å². The average molecular weight is 331 g/mol. The number of hydrogen-bond acceptors (Lipinski definition) is 4. The maximum Gasteiger partial charge on any atom is 0.224 e. The van der Waals surface area contributed by atoms with Crippen LogP contribution in [0.4, 0.5) is 0 Å². The number of rotatable bonds is 5. The summed E-state index contributed by atoms with van der Waals surface area (Å²) in [5, 5.41) is 0. The van der Waals surface area contributed by atoms with E-state index >= 15 is 0 Å². The van der Waals surface area contributed by atoms with Crippen molar-refractivity contribution in [3.05, 3.63) is 35.9 Å². The Labute approximate surface area is 144 Å². The minimum absolute atomic E-state index is 0.178. The molecule has 0 radical (unpaired) electrons. The molecule has 2 aliphatic rings. The Morgan fingerprint density at radius 1 is 1.12 bits per heavy atom. The highest BCUT2D eigenvalue weighted by Crippen LogP contribution is 2.18. The lowest BCUT2D eigenvalue weighted by Crippen LogP contribution is -2.50. The maximum atomic E-state index is 12.5. The van der Waals surface area contributed by atoms with Gasteiger partial charge in [0.15, 0.2) is 0 Å². The largest absolute Gasteiger partial charge is 0.381 e. The molecule has 132 valence electrons. The minimum Gasteiger partial charge on any atom is -0.381 e. The Bertz CT molecular complexity index is 509. The molecule has 1 atom stereocenters. The molecule has 0 aromatic heterocycles. The molecule has 3 rings (SSSR count). The Balaban J connectivity index is 1.41. The highest BCUT2D eigenvalue weighted by Gasteiger charge is 2.25. The van der Waals surface area contributed by atoms with Crippen molar-refractivity contribution >= 4 is 5.91 Å². The molecule has 0 bridgehead atoms. The van der Waals surface area contributed by atoms with Gasteiger partial charge < -0.3 is 15.4 Å². The molecule has 1 amide bonds. The molecule has 5 nitrogen and oxygen atoms in total. The van der Waals surface area contributed by atoms with Crippen LogP contribution in [0, 0.1) is 5.92 Å². The van der Waals surface area contributed by atoms with Gasteiger partial charge in [-0.2, -0.15) is 0 Å². The summed E-state index contributed by atoms with van der Waals surface area (Å²) < 4.78 is 5.43. The van der Waals surface area contributed by atoms with E-state index < -0.39 is 0 Å². The van der Waals surface area contributed by atoms with Crippen molar-refractivity contribution in [2.24, 2.45) is 11.7 Å². The van der Waals surface area contributed by atoms with Crippen molar-refractivity contribution < 1.29 is 9.53 Å². The van der Waals surface area contributed by atoms with E-state index in [1.165, 1.54) is 12.8 Å². The molecule has 24 heavy (non-hydrogen) atoms. The summed E-state index contributed by atoms with van der Waals surface area (Å²) in [4.78, 5) is 17.0. The molecule has 1 unspecified atom stereocenters. The third-order valence-electron chi connectivity index (χ3n) is 5.20. The summed E-state index contributed by atoms with van der Waals surface area (Å²) in [6.07, 6.45) is 2.74. The second-order valence-electron chi connectivity index (χ2n) is 6.96. The van der Waals surface area contributed by atoms with Crippen molar-refractivity contribution in [2.75, 3.05) is 45.9 Å². The average Bonchev–Trinajstić information content (AvgIpc) is 2.64. The van der Waals surface area contributed by atoms with E-state index in [1.807, 2.05) is 35.2 Å². The number of carbonyl (C=O) groups is 1. The number of amides is 1. The summed E-state index contributed by atoms with van der Waals surface area (Å²) in [5.74, 6) is 0.935. The lowest BCUT2D eigenvalue weighted by Gasteiger charge is -2.37. The van der Waals surface area contributed by atoms with Crippen LogP contribution in [0.15, 0.2) is 30.3 Å². The first-order chi connectivity index (χ1) is 11.7. The zero-order valence-electron chi connectivity index (χ0n) is 14.4. The molecule has 5 heteroatoms. The molecule has 2 saturated heterocycles. The molecular formula is C19H29N3O2. The van der Waals surface area contributed by atoms with Crippen LogP contribution in [0.5, 0.6) is 0 Å². The number of ether oxygens (including phenoxy) is 1. The lowest BCUT2D eigenvalue weighted by atomic mass is 9.99. The Kier molecular flexibility index (Phi) is 6.24. The van der Waals surface area contributed by atoms with Crippen LogP contribution in [-0.4, -0.2) is 61.6 Å². The maximum absolute atomic E-state index is 12.5. The van der Waals surface area contributed by atoms with Crippen LogP contribution in [0.3, 0.4) is 0 Å². The van der Waals surface area contributed by atoms with E-state index in [9.17, 15) is 4.79 Å². The quantitative estimate of drug-likeness (QED) is 0.891. The molecule has 1 aromatic rings. The predicted octanol–water partition coefficient (Wildman–Crippen LogP) is 1.65. The van der Waals surface area contributed by atoms with E-state index in [4.69, 9.17) is 10.5 Å². The number of nitrogens with zero attached hydrogens (tertiary/aromatic N) is 2. The summed E-state index contributed by atoms with van der Waals surface area (Å²) >= 11 is 0. The fourth-order valence-corrected chi connectivity index (χ4v) is 3.61. The van der Waals surface area contributed by atoms with Crippen LogP contribution >= 0.6 is 0 Å². The van der Waals surface area contributed by atoms with Crippen molar-refractivity contribution in [2.45, 2.75) is 25.3 Å².